The molecule has 0 unspecified atom stereocenters. The number of carbonyl (C=O) groups excluding carboxylic acids is 1. The maximum atomic E-state index is 13.1. The number of carboxylic acids is 1. The van der Waals surface area contributed by atoms with E-state index in [-0.39, 0.29) is 23.8 Å². The molecule has 1 saturated heterocycles. The van der Waals surface area contributed by atoms with Gasteiger partial charge in [-0.15, -0.1) is 0 Å². The van der Waals surface area contributed by atoms with E-state index in [1.165, 1.54) is 17.0 Å². The van der Waals surface area contributed by atoms with Crippen LogP contribution in [-0.4, -0.2) is 41.6 Å². The van der Waals surface area contributed by atoms with Gasteiger partial charge in [0, 0.05) is 13.1 Å². The Morgan fingerprint density at radius 1 is 1.11 bits per heavy atom. The van der Waals surface area contributed by atoms with Crippen molar-refractivity contribution in [3.8, 4) is 5.75 Å². The Morgan fingerprint density at radius 3 is 2.37 bits per heavy atom. The quantitative estimate of drug-likeness (QED) is 0.867. The second kappa shape index (κ2) is 6.79. The van der Waals surface area contributed by atoms with Crippen LogP contribution in [0.4, 0.5) is 8.78 Å². The Kier molecular flexibility index (Phi) is 4.45. The molecule has 27 heavy (non-hydrogen) atoms. The minimum Gasteiger partial charge on any atom is -0.481 e. The molecule has 5 nitrogen and oxygen atoms in total. The minimum atomic E-state index is -3.05. The largest absolute Gasteiger partial charge is 0.481 e. The van der Waals surface area contributed by atoms with Gasteiger partial charge in [-0.3, -0.25) is 9.59 Å². The predicted molar refractivity (Wildman–Crippen MR) is 93.8 cm³/mol. The molecule has 2 aromatic rings. The number of amides is 1. The van der Waals surface area contributed by atoms with Crippen molar-refractivity contribution in [1.82, 2.24) is 4.90 Å². The lowest BCUT2D eigenvalue weighted by Crippen LogP contribution is -2.30. The molecule has 7 heteroatoms. The summed E-state index contributed by atoms with van der Waals surface area (Å²) >= 11 is 0. The summed E-state index contributed by atoms with van der Waals surface area (Å²) in [5, 5.41) is 10.9. The molecule has 0 bridgehead atoms. The summed E-state index contributed by atoms with van der Waals surface area (Å²) in [5.74, 6) is -1.92. The van der Waals surface area contributed by atoms with Crippen LogP contribution in [0.5, 0.6) is 5.75 Å². The zero-order chi connectivity index (χ0) is 19.1. The second-order valence-corrected chi connectivity index (χ2v) is 7.23. The maximum absolute atomic E-state index is 13.1. The highest BCUT2D eigenvalue weighted by atomic mass is 19.3. The normalized spacial score (nSPS) is 22.4. The number of hydrogen-bond acceptors (Lipinski definition) is 3. The molecule has 2 aromatic carbocycles. The predicted octanol–water partition coefficient (Wildman–Crippen LogP) is 3.62. The third-order valence-electron chi connectivity index (χ3n) is 5.49. The summed E-state index contributed by atoms with van der Waals surface area (Å²) in [6.45, 7) is -2.63. The fourth-order valence-corrected chi connectivity index (χ4v) is 4.01. The van der Waals surface area contributed by atoms with Gasteiger partial charge in [0.25, 0.3) is 5.91 Å². The lowest BCUT2D eigenvalue weighted by atomic mass is 9.92. The van der Waals surface area contributed by atoms with Crippen LogP contribution in [0.1, 0.15) is 23.2 Å². The number of fused-ring (bicyclic) bond motifs is 1. The molecule has 1 aliphatic heterocycles. The van der Waals surface area contributed by atoms with Crippen LogP contribution in [0, 0.1) is 17.8 Å². The third kappa shape index (κ3) is 3.46. The topological polar surface area (TPSA) is 66.8 Å². The van der Waals surface area contributed by atoms with E-state index in [4.69, 9.17) is 0 Å². The highest BCUT2D eigenvalue weighted by molar-refractivity contribution is 6.02. The first-order valence-electron chi connectivity index (χ1n) is 8.93. The molecule has 0 aromatic heterocycles. The number of carbonyl (C=O) groups is 2. The average molecular weight is 375 g/mol. The minimum absolute atomic E-state index is 0.0367. The van der Waals surface area contributed by atoms with Crippen molar-refractivity contribution < 1.29 is 28.2 Å². The Bertz CT molecular complexity index is 897. The molecular formula is C20H19F2NO4. The van der Waals surface area contributed by atoms with Crippen molar-refractivity contribution >= 4 is 22.6 Å². The van der Waals surface area contributed by atoms with Gasteiger partial charge >= 0.3 is 12.6 Å². The first-order chi connectivity index (χ1) is 12.9. The Labute approximate surface area is 154 Å². The van der Waals surface area contributed by atoms with Crippen LogP contribution in [0.3, 0.4) is 0 Å². The van der Waals surface area contributed by atoms with Crippen LogP contribution >= 0.6 is 0 Å². The number of hydrogen-bond donors (Lipinski definition) is 1. The molecule has 142 valence electrons. The molecule has 2 fully saturated rings. The third-order valence-corrected chi connectivity index (χ3v) is 5.49. The summed E-state index contributed by atoms with van der Waals surface area (Å²) in [4.78, 5) is 26.1. The Hall–Kier alpha value is -2.70. The fraction of sp³-hybridized carbons (Fsp3) is 0.400. The van der Waals surface area contributed by atoms with Crippen molar-refractivity contribution in [3.63, 3.8) is 0 Å². The lowest BCUT2D eigenvalue weighted by molar-refractivity contribution is -0.142. The molecule has 1 saturated carbocycles. The van der Waals surface area contributed by atoms with Gasteiger partial charge in [0.2, 0.25) is 0 Å². The molecule has 0 spiro atoms. The number of likely N-dealkylation sites (tertiary alicyclic amines) is 1. The van der Waals surface area contributed by atoms with Gasteiger partial charge in [-0.1, -0.05) is 24.3 Å². The second-order valence-electron chi connectivity index (χ2n) is 7.23. The smallest absolute Gasteiger partial charge is 0.387 e. The summed E-state index contributed by atoms with van der Waals surface area (Å²) in [6.07, 6.45) is 1.96. The van der Waals surface area contributed by atoms with Crippen LogP contribution in [0.25, 0.3) is 10.8 Å². The van der Waals surface area contributed by atoms with Gasteiger partial charge in [0.15, 0.2) is 0 Å². The number of ether oxygens (including phenoxy) is 1. The number of benzene rings is 2. The molecule has 2 atom stereocenters. The SMILES string of the molecule is O=C(O)[C@H]1CN(C(=O)c2cc3ccccc3cc2OC(F)F)C[C@@H]1C1CC1. The molecular weight excluding hydrogens is 356 g/mol. The number of nitrogens with zero attached hydrogens (tertiary/aromatic N) is 1. The summed E-state index contributed by atoms with van der Waals surface area (Å²) in [7, 11) is 0. The van der Waals surface area contributed by atoms with Crippen LogP contribution in [0.2, 0.25) is 0 Å². The summed E-state index contributed by atoms with van der Waals surface area (Å²) < 4.78 is 30.3. The molecule has 2 aliphatic rings. The van der Waals surface area contributed by atoms with Gasteiger partial charge < -0.3 is 14.7 Å². The van der Waals surface area contributed by atoms with E-state index < -0.39 is 24.4 Å². The summed E-state index contributed by atoms with van der Waals surface area (Å²) in [5.41, 5.74) is 0.0367. The van der Waals surface area contributed by atoms with E-state index in [9.17, 15) is 23.5 Å². The van der Waals surface area contributed by atoms with E-state index in [1.54, 1.807) is 24.3 Å². The Morgan fingerprint density at radius 2 is 1.78 bits per heavy atom. The standard InChI is InChI=1S/C20H19F2NO4/c21-20(22)27-17-8-13-4-2-1-3-12(13)7-14(17)18(24)23-9-15(11-5-6-11)16(10-23)19(25)26/h1-4,7-8,11,15-16,20H,5-6,9-10H2,(H,25,26)/t15-,16+/m1/s1. The molecule has 1 amide bonds. The monoisotopic (exact) mass is 375 g/mol. The first kappa shape index (κ1) is 17.7. The van der Waals surface area contributed by atoms with Crippen molar-refractivity contribution in [2.75, 3.05) is 13.1 Å². The fourth-order valence-electron chi connectivity index (χ4n) is 4.01. The number of carboxylic acid groups (broad SMARTS) is 1. The number of aliphatic carboxylic acids is 1. The number of rotatable bonds is 5. The van der Waals surface area contributed by atoms with Crippen molar-refractivity contribution in [2.24, 2.45) is 17.8 Å². The molecule has 4 rings (SSSR count). The van der Waals surface area contributed by atoms with E-state index in [1.807, 2.05) is 0 Å². The van der Waals surface area contributed by atoms with Crippen LogP contribution in [0.15, 0.2) is 36.4 Å². The maximum Gasteiger partial charge on any atom is 0.387 e. The van der Waals surface area contributed by atoms with E-state index >= 15 is 0 Å². The highest BCUT2D eigenvalue weighted by Crippen LogP contribution is 2.44. The van der Waals surface area contributed by atoms with Gasteiger partial charge in [-0.25, -0.2) is 0 Å². The molecule has 1 heterocycles. The van der Waals surface area contributed by atoms with Crippen molar-refractivity contribution in [2.45, 2.75) is 19.5 Å². The van der Waals surface area contributed by atoms with Gasteiger partial charge in [0.05, 0.1) is 11.5 Å². The van der Waals surface area contributed by atoms with E-state index in [0.29, 0.717) is 17.8 Å². The zero-order valence-corrected chi connectivity index (χ0v) is 14.5. The molecule has 1 aliphatic carbocycles. The lowest BCUT2D eigenvalue weighted by Gasteiger charge is -2.19. The van der Waals surface area contributed by atoms with Gasteiger partial charge in [-0.05, 0) is 47.6 Å². The van der Waals surface area contributed by atoms with Gasteiger partial charge in [0.1, 0.15) is 5.75 Å². The van der Waals surface area contributed by atoms with Gasteiger partial charge in [-0.2, -0.15) is 8.78 Å². The molecule has 1 N–H and O–H groups in total. The Balaban J connectivity index is 1.68. The first-order valence-corrected chi connectivity index (χ1v) is 8.93. The number of halogens is 2. The van der Waals surface area contributed by atoms with Crippen LogP contribution < -0.4 is 4.74 Å². The summed E-state index contributed by atoms with van der Waals surface area (Å²) in [6, 6.07) is 10.1. The number of alkyl halides is 2. The van der Waals surface area contributed by atoms with Crippen LogP contribution in [-0.2, 0) is 4.79 Å². The zero-order valence-electron chi connectivity index (χ0n) is 14.5. The van der Waals surface area contributed by atoms with Crippen molar-refractivity contribution in [3.05, 3.63) is 42.0 Å². The van der Waals surface area contributed by atoms with E-state index in [2.05, 4.69) is 4.74 Å². The molecule has 0 radical (unpaired) electrons. The van der Waals surface area contributed by atoms with Crippen molar-refractivity contribution in [1.29, 1.82) is 0 Å². The highest BCUT2D eigenvalue weighted by Gasteiger charge is 2.47. The average Bonchev–Trinajstić information content (AvgIpc) is 3.38. The van der Waals surface area contributed by atoms with E-state index in [0.717, 1.165) is 18.2 Å².